The van der Waals surface area contributed by atoms with Gasteiger partial charge in [-0.05, 0) is 52.6 Å². The van der Waals surface area contributed by atoms with Crippen LogP contribution in [-0.4, -0.2) is 19.5 Å². The monoisotopic (exact) mass is 664 g/mol. The number of para-hydroxylation sites is 1. The number of rotatable bonds is 4. The Bertz CT molecular complexity index is 3120. The third-order valence-corrected chi connectivity index (χ3v) is 10.2. The first-order chi connectivity index (χ1) is 25.8. The minimum absolute atomic E-state index is 0.620. The lowest BCUT2D eigenvalue weighted by Crippen LogP contribution is -2.00. The van der Waals surface area contributed by atoms with Gasteiger partial charge < -0.3 is 8.98 Å². The Labute approximate surface area is 298 Å². The smallest absolute Gasteiger partial charge is 0.164 e. The summed E-state index contributed by atoms with van der Waals surface area (Å²) in [6.45, 7) is 0. The summed E-state index contributed by atoms with van der Waals surface area (Å²) in [4.78, 5) is 15.1. The van der Waals surface area contributed by atoms with Gasteiger partial charge in [-0.1, -0.05) is 127 Å². The molecule has 0 amide bonds. The molecule has 3 aromatic heterocycles. The van der Waals surface area contributed by atoms with Gasteiger partial charge in [0.25, 0.3) is 0 Å². The Morgan fingerprint density at radius 3 is 1.71 bits per heavy atom. The third kappa shape index (κ3) is 4.39. The standard InChI is InChI=1S/C47H28N4O/c1-3-13-29(14-4-1)45-48-46(30-15-5-2-6-16-30)50-47(49-45)40-28-39-36-24-23-33(27-43(36)52-44(39)37-21-10-9-19-34(37)40)51-41-22-12-11-20-35(41)38-25-31-17-7-8-18-32(31)26-42(38)51/h1-28H. The van der Waals surface area contributed by atoms with Crippen molar-refractivity contribution >= 4 is 65.3 Å². The molecule has 0 unspecified atom stereocenters. The first kappa shape index (κ1) is 28.7. The molecule has 242 valence electrons. The quantitative estimate of drug-likeness (QED) is 0.188. The highest BCUT2D eigenvalue weighted by molar-refractivity contribution is 6.19. The van der Waals surface area contributed by atoms with Gasteiger partial charge in [0.15, 0.2) is 17.5 Å². The highest BCUT2D eigenvalue weighted by Crippen LogP contribution is 2.41. The van der Waals surface area contributed by atoms with Crippen molar-refractivity contribution in [3.63, 3.8) is 0 Å². The van der Waals surface area contributed by atoms with Crippen LogP contribution in [-0.2, 0) is 0 Å². The fourth-order valence-corrected chi connectivity index (χ4v) is 7.77. The number of benzene rings is 8. The normalized spacial score (nSPS) is 11.8. The van der Waals surface area contributed by atoms with E-state index in [1.807, 2.05) is 60.7 Å². The Balaban J connectivity index is 1.15. The second-order valence-electron chi connectivity index (χ2n) is 13.2. The molecule has 0 fully saturated rings. The molecule has 0 spiro atoms. The summed E-state index contributed by atoms with van der Waals surface area (Å²) in [5.74, 6) is 1.89. The second-order valence-corrected chi connectivity index (χ2v) is 13.2. The van der Waals surface area contributed by atoms with E-state index in [0.29, 0.717) is 17.5 Å². The summed E-state index contributed by atoms with van der Waals surface area (Å²) < 4.78 is 9.16. The van der Waals surface area contributed by atoms with Crippen molar-refractivity contribution in [1.29, 1.82) is 0 Å². The summed E-state index contributed by atoms with van der Waals surface area (Å²) >= 11 is 0. The SMILES string of the molecule is c1ccc(-c2nc(-c3ccccc3)nc(-c3cc4c5ccc(-n6c7ccccc7c7cc8ccccc8cc76)cc5oc4c4ccccc34)n2)cc1. The first-order valence-electron chi connectivity index (χ1n) is 17.4. The molecule has 0 saturated heterocycles. The fraction of sp³-hybridized carbons (Fsp3) is 0. The number of nitrogens with zero attached hydrogens (tertiary/aromatic N) is 4. The van der Waals surface area contributed by atoms with Gasteiger partial charge in [-0.3, -0.25) is 0 Å². The summed E-state index contributed by atoms with van der Waals surface area (Å²) in [6, 6.07) is 59.1. The lowest BCUT2D eigenvalue weighted by atomic mass is 9.99. The van der Waals surface area contributed by atoms with Gasteiger partial charge in [-0.2, -0.15) is 0 Å². The molecular weight excluding hydrogens is 637 g/mol. The van der Waals surface area contributed by atoms with Gasteiger partial charge >= 0.3 is 0 Å². The Morgan fingerprint density at radius 1 is 0.385 bits per heavy atom. The van der Waals surface area contributed by atoms with Crippen LogP contribution >= 0.6 is 0 Å². The largest absolute Gasteiger partial charge is 0.455 e. The number of hydrogen-bond acceptors (Lipinski definition) is 4. The average Bonchev–Trinajstić information content (AvgIpc) is 3.75. The van der Waals surface area contributed by atoms with Crippen molar-refractivity contribution in [2.75, 3.05) is 0 Å². The number of fused-ring (bicyclic) bond motifs is 9. The van der Waals surface area contributed by atoms with E-state index in [4.69, 9.17) is 19.4 Å². The number of hydrogen-bond donors (Lipinski definition) is 0. The van der Waals surface area contributed by atoms with Gasteiger partial charge in [0.2, 0.25) is 0 Å². The van der Waals surface area contributed by atoms with Crippen molar-refractivity contribution in [1.82, 2.24) is 19.5 Å². The van der Waals surface area contributed by atoms with Crippen molar-refractivity contribution in [3.8, 4) is 39.9 Å². The molecule has 0 aliphatic heterocycles. The average molecular weight is 665 g/mol. The van der Waals surface area contributed by atoms with Crippen LogP contribution in [0.2, 0.25) is 0 Å². The summed E-state index contributed by atoms with van der Waals surface area (Å²) in [5, 5.41) is 9.00. The Morgan fingerprint density at radius 2 is 0.981 bits per heavy atom. The van der Waals surface area contributed by atoms with E-state index < -0.39 is 0 Å². The van der Waals surface area contributed by atoms with Crippen LogP contribution in [0, 0.1) is 0 Å². The molecule has 11 aromatic rings. The molecule has 0 N–H and O–H groups in total. The molecule has 11 rings (SSSR count). The van der Waals surface area contributed by atoms with Crippen molar-refractivity contribution in [2.45, 2.75) is 0 Å². The summed E-state index contributed by atoms with van der Waals surface area (Å²) in [5.41, 5.74) is 7.86. The van der Waals surface area contributed by atoms with Crippen molar-refractivity contribution in [3.05, 3.63) is 170 Å². The van der Waals surface area contributed by atoms with E-state index in [2.05, 4.69) is 114 Å². The van der Waals surface area contributed by atoms with E-state index in [9.17, 15) is 0 Å². The zero-order valence-electron chi connectivity index (χ0n) is 27.9. The van der Waals surface area contributed by atoms with Crippen LogP contribution in [0.25, 0.3) is 105 Å². The topological polar surface area (TPSA) is 56.7 Å². The summed E-state index contributed by atoms with van der Waals surface area (Å²) in [7, 11) is 0. The highest BCUT2D eigenvalue weighted by atomic mass is 16.3. The zero-order chi connectivity index (χ0) is 34.2. The molecular formula is C47H28N4O. The van der Waals surface area contributed by atoms with Crippen LogP contribution < -0.4 is 0 Å². The van der Waals surface area contributed by atoms with Gasteiger partial charge in [-0.15, -0.1) is 0 Å². The molecule has 5 nitrogen and oxygen atoms in total. The van der Waals surface area contributed by atoms with Crippen molar-refractivity contribution < 1.29 is 4.42 Å². The highest BCUT2D eigenvalue weighted by Gasteiger charge is 2.20. The summed E-state index contributed by atoms with van der Waals surface area (Å²) in [6.07, 6.45) is 0. The number of furan rings is 1. The maximum Gasteiger partial charge on any atom is 0.164 e. The van der Waals surface area contributed by atoms with Crippen LogP contribution in [0.15, 0.2) is 174 Å². The molecule has 0 atom stereocenters. The number of aromatic nitrogens is 4. The van der Waals surface area contributed by atoms with Crippen LogP contribution in [0.3, 0.4) is 0 Å². The van der Waals surface area contributed by atoms with E-state index in [0.717, 1.165) is 60.6 Å². The van der Waals surface area contributed by atoms with Gasteiger partial charge in [-0.25, -0.2) is 15.0 Å². The predicted octanol–water partition coefficient (Wildman–Crippen LogP) is 12.2. The Kier molecular flexibility index (Phi) is 6.18. The minimum atomic E-state index is 0.620. The molecule has 0 aliphatic carbocycles. The zero-order valence-corrected chi connectivity index (χ0v) is 27.9. The molecule has 52 heavy (non-hydrogen) atoms. The van der Waals surface area contributed by atoms with E-state index in [-0.39, 0.29) is 0 Å². The molecule has 5 heteroatoms. The maximum absolute atomic E-state index is 6.81. The van der Waals surface area contributed by atoms with Crippen molar-refractivity contribution in [2.24, 2.45) is 0 Å². The maximum atomic E-state index is 6.81. The van der Waals surface area contributed by atoms with Crippen LogP contribution in [0.5, 0.6) is 0 Å². The molecule has 0 radical (unpaired) electrons. The van der Waals surface area contributed by atoms with Gasteiger partial charge in [0.05, 0.1) is 11.0 Å². The lowest BCUT2D eigenvalue weighted by molar-refractivity contribution is 0.672. The molecule has 0 saturated carbocycles. The third-order valence-electron chi connectivity index (χ3n) is 10.2. The Hall–Kier alpha value is -7.11. The molecule has 3 heterocycles. The second kappa shape index (κ2) is 11.2. The van der Waals surface area contributed by atoms with E-state index in [1.54, 1.807) is 0 Å². The molecule has 8 aromatic carbocycles. The lowest BCUT2D eigenvalue weighted by Gasteiger charge is -2.11. The van der Waals surface area contributed by atoms with Crippen LogP contribution in [0.4, 0.5) is 0 Å². The molecule has 0 bridgehead atoms. The molecule has 0 aliphatic rings. The van der Waals surface area contributed by atoms with Gasteiger partial charge in [0, 0.05) is 55.4 Å². The van der Waals surface area contributed by atoms with E-state index >= 15 is 0 Å². The van der Waals surface area contributed by atoms with Gasteiger partial charge in [0.1, 0.15) is 11.2 Å². The minimum Gasteiger partial charge on any atom is -0.455 e. The fourth-order valence-electron chi connectivity index (χ4n) is 7.77. The van der Waals surface area contributed by atoms with Crippen LogP contribution in [0.1, 0.15) is 0 Å². The predicted molar refractivity (Wildman–Crippen MR) is 213 cm³/mol. The first-order valence-corrected chi connectivity index (χ1v) is 17.4. The van der Waals surface area contributed by atoms with E-state index in [1.165, 1.54) is 27.1 Å².